The molecule has 3 N–H and O–H groups in total. The number of nitrogens with one attached hydrogen (secondary N) is 3. The Hall–Kier alpha value is -1.36. The van der Waals surface area contributed by atoms with E-state index in [1.165, 1.54) is 5.57 Å². The van der Waals surface area contributed by atoms with E-state index in [0.717, 1.165) is 25.9 Å². The van der Waals surface area contributed by atoms with Gasteiger partial charge in [-0.15, -0.1) is 0 Å². The Kier molecular flexibility index (Phi) is 4.14. The van der Waals surface area contributed by atoms with Crippen molar-refractivity contribution >= 4 is 11.8 Å². The Balaban J connectivity index is 1.66. The summed E-state index contributed by atoms with van der Waals surface area (Å²) in [6.07, 6.45) is 5.25. The summed E-state index contributed by atoms with van der Waals surface area (Å²) < 4.78 is 0. The molecule has 2 aliphatic rings. The largest absolute Gasteiger partial charge is 0.354 e. The van der Waals surface area contributed by atoms with Gasteiger partial charge in [0.1, 0.15) is 6.04 Å². The minimum Gasteiger partial charge on any atom is -0.354 e. The first-order valence-electron chi connectivity index (χ1n) is 6.21. The van der Waals surface area contributed by atoms with Crippen molar-refractivity contribution in [3.63, 3.8) is 0 Å². The third-order valence-corrected chi connectivity index (χ3v) is 3.22. The fourth-order valence-corrected chi connectivity index (χ4v) is 2.18. The Bertz CT molecular complexity index is 339. The number of rotatable bonds is 4. The highest BCUT2D eigenvalue weighted by molar-refractivity contribution is 5.90. The second kappa shape index (κ2) is 5.82. The zero-order chi connectivity index (χ0) is 12.1. The predicted molar refractivity (Wildman–Crippen MR) is 64.4 cm³/mol. The SMILES string of the molecule is O=C1CC[C@H](C(=O)NCCC2=CCNCC2)N1. The summed E-state index contributed by atoms with van der Waals surface area (Å²) in [5.74, 6) is -0.0726. The predicted octanol–water partition coefficient (Wildman–Crippen LogP) is -0.309. The van der Waals surface area contributed by atoms with Gasteiger partial charge in [0.05, 0.1) is 0 Å². The van der Waals surface area contributed by atoms with Gasteiger partial charge in [-0.05, 0) is 25.8 Å². The van der Waals surface area contributed by atoms with Crippen molar-refractivity contribution in [2.75, 3.05) is 19.6 Å². The number of hydrogen-bond donors (Lipinski definition) is 3. The van der Waals surface area contributed by atoms with E-state index in [4.69, 9.17) is 0 Å². The molecule has 1 atom stereocenters. The Morgan fingerprint density at radius 3 is 3.00 bits per heavy atom. The summed E-state index contributed by atoms with van der Waals surface area (Å²) in [7, 11) is 0. The van der Waals surface area contributed by atoms with E-state index in [9.17, 15) is 9.59 Å². The van der Waals surface area contributed by atoms with E-state index in [2.05, 4.69) is 22.0 Å². The minimum atomic E-state index is -0.315. The van der Waals surface area contributed by atoms with Crippen molar-refractivity contribution in [1.82, 2.24) is 16.0 Å². The molecular formula is C12H19N3O2. The number of carbonyl (C=O) groups excluding carboxylic acids is 2. The van der Waals surface area contributed by atoms with Gasteiger partial charge in [0.15, 0.2) is 0 Å². The molecule has 94 valence electrons. The van der Waals surface area contributed by atoms with Crippen LogP contribution in [0, 0.1) is 0 Å². The summed E-state index contributed by atoms with van der Waals surface area (Å²) in [4.78, 5) is 22.6. The summed E-state index contributed by atoms with van der Waals surface area (Å²) in [5.41, 5.74) is 1.40. The van der Waals surface area contributed by atoms with E-state index < -0.39 is 0 Å². The summed E-state index contributed by atoms with van der Waals surface area (Å²) in [5, 5.41) is 8.80. The lowest BCUT2D eigenvalue weighted by molar-refractivity contribution is -0.125. The minimum absolute atomic E-state index is 0.0220. The third-order valence-electron chi connectivity index (χ3n) is 3.22. The van der Waals surface area contributed by atoms with Gasteiger partial charge >= 0.3 is 0 Å². The van der Waals surface area contributed by atoms with E-state index in [1.807, 2.05) is 0 Å². The first-order valence-corrected chi connectivity index (χ1v) is 6.21. The highest BCUT2D eigenvalue weighted by Gasteiger charge is 2.26. The molecule has 5 nitrogen and oxygen atoms in total. The lowest BCUT2D eigenvalue weighted by atomic mass is 10.1. The molecule has 0 aliphatic carbocycles. The normalized spacial score (nSPS) is 24.1. The summed E-state index contributed by atoms with van der Waals surface area (Å²) in [6.45, 7) is 2.62. The number of hydrogen-bond acceptors (Lipinski definition) is 3. The molecule has 1 fully saturated rings. The Labute approximate surface area is 101 Å². The summed E-state index contributed by atoms with van der Waals surface area (Å²) in [6, 6.07) is -0.315. The maximum Gasteiger partial charge on any atom is 0.242 e. The lowest BCUT2D eigenvalue weighted by Crippen LogP contribution is -2.42. The fraction of sp³-hybridized carbons (Fsp3) is 0.667. The number of carbonyl (C=O) groups is 2. The van der Waals surface area contributed by atoms with Crippen molar-refractivity contribution in [2.24, 2.45) is 0 Å². The van der Waals surface area contributed by atoms with Crippen LogP contribution in [0.25, 0.3) is 0 Å². The maximum atomic E-state index is 11.7. The second-order valence-corrected chi connectivity index (χ2v) is 4.52. The van der Waals surface area contributed by atoms with E-state index >= 15 is 0 Å². The van der Waals surface area contributed by atoms with Crippen LogP contribution < -0.4 is 16.0 Å². The van der Waals surface area contributed by atoms with Gasteiger partial charge in [-0.3, -0.25) is 9.59 Å². The molecule has 1 saturated heterocycles. The average Bonchev–Trinajstić information content (AvgIpc) is 2.77. The molecule has 0 bridgehead atoms. The first-order chi connectivity index (χ1) is 8.25. The van der Waals surface area contributed by atoms with E-state index in [0.29, 0.717) is 19.4 Å². The third kappa shape index (κ3) is 3.56. The van der Waals surface area contributed by atoms with Crippen molar-refractivity contribution in [3.05, 3.63) is 11.6 Å². The molecule has 0 spiro atoms. The first kappa shape index (κ1) is 12.1. The van der Waals surface area contributed by atoms with Crippen LogP contribution in [0.5, 0.6) is 0 Å². The molecule has 0 radical (unpaired) electrons. The van der Waals surface area contributed by atoms with Crippen LogP contribution in [0.15, 0.2) is 11.6 Å². The van der Waals surface area contributed by atoms with Gasteiger partial charge < -0.3 is 16.0 Å². The molecule has 0 aromatic heterocycles. The highest BCUT2D eigenvalue weighted by Crippen LogP contribution is 2.09. The van der Waals surface area contributed by atoms with Gasteiger partial charge in [0, 0.05) is 19.5 Å². The van der Waals surface area contributed by atoms with Crippen molar-refractivity contribution in [2.45, 2.75) is 31.7 Å². The smallest absolute Gasteiger partial charge is 0.242 e. The molecule has 2 amide bonds. The number of amides is 2. The molecule has 0 aromatic carbocycles. The highest BCUT2D eigenvalue weighted by atomic mass is 16.2. The topological polar surface area (TPSA) is 70.2 Å². The van der Waals surface area contributed by atoms with Gasteiger partial charge in [0.25, 0.3) is 0 Å². The molecule has 2 aliphatic heterocycles. The quantitative estimate of drug-likeness (QED) is 0.587. The van der Waals surface area contributed by atoms with Gasteiger partial charge in [0.2, 0.25) is 11.8 Å². The van der Waals surface area contributed by atoms with Crippen LogP contribution in [-0.4, -0.2) is 37.5 Å². The Morgan fingerprint density at radius 2 is 2.35 bits per heavy atom. The van der Waals surface area contributed by atoms with Gasteiger partial charge in [-0.1, -0.05) is 11.6 Å². The molecule has 0 unspecified atom stereocenters. The van der Waals surface area contributed by atoms with Crippen LogP contribution in [0.3, 0.4) is 0 Å². The van der Waals surface area contributed by atoms with Crippen molar-refractivity contribution < 1.29 is 9.59 Å². The van der Waals surface area contributed by atoms with Crippen LogP contribution in [-0.2, 0) is 9.59 Å². The van der Waals surface area contributed by atoms with Gasteiger partial charge in [-0.25, -0.2) is 0 Å². The zero-order valence-corrected chi connectivity index (χ0v) is 9.92. The van der Waals surface area contributed by atoms with E-state index in [1.54, 1.807) is 0 Å². The van der Waals surface area contributed by atoms with Crippen molar-refractivity contribution in [1.29, 1.82) is 0 Å². The monoisotopic (exact) mass is 237 g/mol. The molecule has 17 heavy (non-hydrogen) atoms. The van der Waals surface area contributed by atoms with Crippen LogP contribution in [0.1, 0.15) is 25.7 Å². The standard InChI is InChI=1S/C12H19N3O2/c16-11-2-1-10(15-11)12(17)14-8-5-9-3-6-13-7-4-9/h3,10,13H,1-2,4-8H2,(H,14,17)(H,15,16)/t10-/m1/s1. The molecule has 0 saturated carbocycles. The van der Waals surface area contributed by atoms with E-state index in [-0.39, 0.29) is 17.9 Å². The molecule has 2 heterocycles. The summed E-state index contributed by atoms with van der Waals surface area (Å²) >= 11 is 0. The van der Waals surface area contributed by atoms with Crippen LogP contribution in [0.2, 0.25) is 0 Å². The lowest BCUT2D eigenvalue weighted by Gasteiger charge is -2.15. The van der Waals surface area contributed by atoms with Crippen molar-refractivity contribution in [3.8, 4) is 0 Å². The van der Waals surface area contributed by atoms with Gasteiger partial charge in [-0.2, -0.15) is 0 Å². The maximum absolute atomic E-state index is 11.7. The molecular weight excluding hydrogens is 218 g/mol. The van der Waals surface area contributed by atoms with Crippen LogP contribution >= 0.6 is 0 Å². The zero-order valence-electron chi connectivity index (χ0n) is 9.92. The fourth-order valence-electron chi connectivity index (χ4n) is 2.18. The molecule has 5 heteroatoms. The second-order valence-electron chi connectivity index (χ2n) is 4.52. The average molecular weight is 237 g/mol. The molecule has 0 aromatic rings. The Morgan fingerprint density at radius 1 is 1.47 bits per heavy atom. The van der Waals surface area contributed by atoms with Crippen LogP contribution in [0.4, 0.5) is 0 Å². The molecule has 2 rings (SSSR count).